The fourth-order valence-corrected chi connectivity index (χ4v) is 1.37. The van der Waals surface area contributed by atoms with Crippen molar-refractivity contribution in [2.75, 3.05) is 0 Å². The molecule has 0 aromatic rings. The SMILES string of the molecule is CC1(C)CCC(F)(F)[C@H]1N. The summed E-state index contributed by atoms with van der Waals surface area (Å²) in [6, 6.07) is -0.958. The summed E-state index contributed by atoms with van der Waals surface area (Å²) in [6.07, 6.45) is 0.475. The molecule has 60 valence electrons. The molecule has 0 amide bonds. The molecule has 1 fully saturated rings. The van der Waals surface area contributed by atoms with E-state index in [9.17, 15) is 8.78 Å². The molecule has 10 heavy (non-hydrogen) atoms. The second-order valence-electron chi connectivity index (χ2n) is 3.73. The highest BCUT2D eigenvalue weighted by Crippen LogP contribution is 2.45. The van der Waals surface area contributed by atoms with Crippen molar-refractivity contribution in [3.05, 3.63) is 0 Å². The highest BCUT2D eigenvalue weighted by molar-refractivity contribution is 4.99. The first-order valence-corrected chi connectivity index (χ1v) is 3.50. The molecule has 3 heteroatoms. The van der Waals surface area contributed by atoms with Crippen LogP contribution in [0.3, 0.4) is 0 Å². The van der Waals surface area contributed by atoms with Crippen molar-refractivity contribution in [1.29, 1.82) is 0 Å². The third kappa shape index (κ3) is 1.03. The predicted octanol–water partition coefficient (Wildman–Crippen LogP) is 1.77. The fraction of sp³-hybridized carbons (Fsp3) is 1.00. The van der Waals surface area contributed by atoms with Gasteiger partial charge in [0.15, 0.2) is 0 Å². The Bertz CT molecular complexity index is 127. The van der Waals surface area contributed by atoms with Gasteiger partial charge in [0.2, 0.25) is 0 Å². The van der Waals surface area contributed by atoms with Crippen molar-refractivity contribution in [3.8, 4) is 0 Å². The van der Waals surface area contributed by atoms with Crippen LogP contribution in [-0.4, -0.2) is 12.0 Å². The van der Waals surface area contributed by atoms with Crippen molar-refractivity contribution >= 4 is 0 Å². The maximum absolute atomic E-state index is 12.7. The lowest BCUT2D eigenvalue weighted by molar-refractivity contribution is -0.0198. The molecule has 0 aromatic heterocycles. The molecule has 0 aliphatic heterocycles. The van der Waals surface area contributed by atoms with E-state index in [-0.39, 0.29) is 11.8 Å². The van der Waals surface area contributed by atoms with Crippen molar-refractivity contribution in [2.45, 2.75) is 38.7 Å². The molecule has 2 N–H and O–H groups in total. The Balaban J connectivity index is 2.77. The lowest BCUT2D eigenvalue weighted by Gasteiger charge is -2.25. The molecule has 0 radical (unpaired) electrons. The van der Waals surface area contributed by atoms with Crippen LogP contribution in [0.25, 0.3) is 0 Å². The van der Waals surface area contributed by atoms with Crippen LogP contribution in [0.2, 0.25) is 0 Å². The fourth-order valence-electron chi connectivity index (χ4n) is 1.37. The van der Waals surface area contributed by atoms with Crippen LogP contribution < -0.4 is 5.73 Å². The Kier molecular flexibility index (Phi) is 1.51. The van der Waals surface area contributed by atoms with Crippen LogP contribution in [0, 0.1) is 5.41 Å². The van der Waals surface area contributed by atoms with E-state index in [2.05, 4.69) is 0 Å². The first-order chi connectivity index (χ1) is 4.36. The van der Waals surface area contributed by atoms with E-state index in [1.165, 1.54) is 0 Å². The van der Waals surface area contributed by atoms with Crippen LogP contribution >= 0.6 is 0 Å². The number of hydrogen-bond acceptors (Lipinski definition) is 1. The second-order valence-corrected chi connectivity index (χ2v) is 3.73. The van der Waals surface area contributed by atoms with Gasteiger partial charge in [-0.1, -0.05) is 13.8 Å². The minimum atomic E-state index is -2.64. The normalized spacial score (nSPS) is 36.3. The number of halogens is 2. The summed E-state index contributed by atoms with van der Waals surface area (Å²) < 4.78 is 25.4. The lowest BCUT2D eigenvalue weighted by atomic mass is 9.87. The zero-order valence-corrected chi connectivity index (χ0v) is 6.32. The number of rotatable bonds is 0. The molecule has 0 spiro atoms. The Morgan fingerprint density at radius 2 is 1.80 bits per heavy atom. The van der Waals surface area contributed by atoms with Crippen LogP contribution in [-0.2, 0) is 0 Å². The van der Waals surface area contributed by atoms with Gasteiger partial charge in [0, 0.05) is 6.42 Å². The molecule has 0 heterocycles. The Morgan fingerprint density at radius 1 is 1.30 bits per heavy atom. The molecule has 0 saturated heterocycles. The molecular weight excluding hydrogens is 136 g/mol. The molecule has 1 atom stereocenters. The second kappa shape index (κ2) is 1.91. The summed E-state index contributed by atoms with van der Waals surface area (Å²) in [5.74, 6) is -2.64. The molecule has 1 aliphatic carbocycles. The standard InChI is InChI=1S/C7H13F2N/c1-6(2)3-4-7(8,9)5(6)10/h5H,3-4,10H2,1-2H3/t5-/m0/s1. The Labute approximate surface area is 59.6 Å². The summed E-state index contributed by atoms with van der Waals surface area (Å²) >= 11 is 0. The number of alkyl halides is 2. The summed E-state index contributed by atoms with van der Waals surface area (Å²) in [4.78, 5) is 0. The van der Waals surface area contributed by atoms with E-state index < -0.39 is 12.0 Å². The van der Waals surface area contributed by atoms with Gasteiger partial charge in [0.05, 0.1) is 6.04 Å². The average molecular weight is 149 g/mol. The van der Waals surface area contributed by atoms with E-state index in [1.54, 1.807) is 13.8 Å². The molecule has 1 nitrogen and oxygen atoms in total. The van der Waals surface area contributed by atoms with Crippen LogP contribution in [0.4, 0.5) is 8.78 Å². The van der Waals surface area contributed by atoms with E-state index in [1.807, 2.05) is 0 Å². The van der Waals surface area contributed by atoms with Gasteiger partial charge in [-0.25, -0.2) is 8.78 Å². The quantitative estimate of drug-likeness (QED) is 0.558. The molecule has 0 aromatic carbocycles. The van der Waals surface area contributed by atoms with Gasteiger partial charge in [0.25, 0.3) is 5.92 Å². The predicted molar refractivity (Wildman–Crippen MR) is 35.9 cm³/mol. The van der Waals surface area contributed by atoms with E-state index in [4.69, 9.17) is 5.73 Å². The van der Waals surface area contributed by atoms with Gasteiger partial charge in [-0.15, -0.1) is 0 Å². The van der Waals surface area contributed by atoms with E-state index in [0.717, 1.165) is 0 Å². The van der Waals surface area contributed by atoms with Crippen molar-refractivity contribution in [2.24, 2.45) is 11.1 Å². The highest BCUT2D eigenvalue weighted by Gasteiger charge is 2.51. The molecule has 0 bridgehead atoms. The van der Waals surface area contributed by atoms with Gasteiger partial charge in [0.1, 0.15) is 0 Å². The highest BCUT2D eigenvalue weighted by atomic mass is 19.3. The maximum atomic E-state index is 12.7. The summed E-state index contributed by atoms with van der Waals surface area (Å²) in [5.41, 5.74) is 4.95. The smallest absolute Gasteiger partial charge is 0.263 e. The minimum Gasteiger partial charge on any atom is -0.322 e. The molecular formula is C7H13F2N. The maximum Gasteiger partial charge on any atom is 0.263 e. The van der Waals surface area contributed by atoms with Gasteiger partial charge in [-0.3, -0.25) is 0 Å². The topological polar surface area (TPSA) is 26.0 Å². The zero-order chi connectivity index (χ0) is 7.99. The monoisotopic (exact) mass is 149 g/mol. The Hall–Kier alpha value is -0.180. The summed E-state index contributed by atoms with van der Waals surface area (Å²) in [6.45, 7) is 3.58. The largest absolute Gasteiger partial charge is 0.322 e. The number of hydrogen-bond donors (Lipinski definition) is 1. The molecule has 1 rings (SSSR count). The number of nitrogens with two attached hydrogens (primary N) is 1. The Morgan fingerprint density at radius 3 is 1.90 bits per heavy atom. The van der Waals surface area contributed by atoms with Crippen molar-refractivity contribution < 1.29 is 8.78 Å². The lowest BCUT2D eigenvalue weighted by Crippen LogP contribution is -2.43. The van der Waals surface area contributed by atoms with Crippen molar-refractivity contribution in [1.82, 2.24) is 0 Å². The molecule has 1 saturated carbocycles. The van der Waals surface area contributed by atoms with Gasteiger partial charge < -0.3 is 5.73 Å². The van der Waals surface area contributed by atoms with E-state index in [0.29, 0.717) is 6.42 Å². The molecule has 1 aliphatic rings. The summed E-state index contributed by atoms with van der Waals surface area (Å²) in [7, 11) is 0. The van der Waals surface area contributed by atoms with Crippen LogP contribution in [0.1, 0.15) is 26.7 Å². The third-order valence-electron chi connectivity index (χ3n) is 2.40. The first kappa shape index (κ1) is 7.92. The third-order valence-corrected chi connectivity index (χ3v) is 2.40. The van der Waals surface area contributed by atoms with Crippen LogP contribution in [0.5, 0.6) is 0 Å². The van der Waals surface area contributed by atoms with Gasteiger partial charge in [-0.05, 0) is 11.8 Å². The van der Waals surface area contributed by atoms with Gasteiger partial charge in [-0.2, -0.15) is 0 Å². The average Bonchev–Trinajstić information content (AvgIpc) is 1.95. The minimum absolute atomic E-state index is 0.0544. The first-order valence-electron chi connectivity index (χ1n) is 3.50. The van der Waals surface area contributed by atoms with E-state index >= 15 is 0 Å². The summed E-state index contributed by atoms with van der Waals surface area (Å²) in [5, 5.41) is 0. The van der Waals surface area contributed by atoms with Crippen molar-refractivity contribution in [3.63, 3.8) is 0 Å². The van der Waals surface area contributed by atoms with Crippen LogP contribution in [0.15, 0.2) is 0 Å². The zero-order valence-electron chi connectivity index (χ0n) is 6.32. The van der Waals surface area contributed by atoms with Gasteiger partial charge >= 0.3 is 0 Å². The molecule has 0 unspecified atom stereocenters.